The topological polar surface area (TPSA) is 90.5 Å². The molecule has 2 N–H and O–H groups in total. The lowest BCUT2D eigenvalue weighted by molar-refractivity contribution is -0.130. The number of methoxy groups -OCH3 is 2. The lowest BCUT2D eigenvalue weighted by Crippen LogP contribution is -2.52. The molecule has 4 rings (SSSR count). The molecule has 2 fully saturated rings. The van der Waals surface area contributed by atoms with E-state index in [4.69, 9.17) is 23.7 Å². The molecule has 3 heterocycles. The maximum absolute atomic E-state index is 13.0. The highest BCUT2D eigenvalue weighted by Crippen LogP contribution is 2.38. The molecule has 0 saturated carbocycles. The minimum atomic E-state index is -0.407. The fourth-order valence-electron chi connectivity index (χ4n) is 6.31. The van der Waals surface area contributed by atoms with E-state index in [0.29, 0.717) is 25.2 Å². The first-order chi connectivity index (χ1) is 19.7. The first-order valence-electron chi connectivity index (χ1n) is 15.5. The number of anilines is 1. The first-order valence-corrected chi connectivity index (χ1v) is 15.5. The number of nitrogens with one attached hydrogen (secondary N) is 2. The van der Waals surface area contributed by atoms with Gasteiger partial charge in [-0.15, -0.1) is 0 Å². The van der Waals surface area contributed by atoms with E-state index in [2.05, 4.69) is 54.5 Å². The average Bonchev–Trinajstić information content (AvgIpc) is 2.96. The maximum Gasteiger partial charge on any atom is 0.225 e. The SMILES string of the molecule is COCCCN1C[C@](C)(COC)Oc2ccc(CO[C@@H]3CC[C@@H](CC(C)(C)C(=O)NCC4CCOCC4)NC3)cc21. The van der Waals surface area contributed by atoms with E-state index in [-0.39, 0.29) is 12.0 Å². The van der Waals surface area contributed by atoms with E-state index in [1.165, 1.54) is 0 Å². The summed E-state index contributed by atoms with van der Waals surface area (Å²) in [5, 5.41) is 6.86. The fourth-order valence-corrected chi connectivity index (χ4v) is 6.31. The monoisotopic (exact) mass is 575 g/mol. The van der Waals surface area contributed by atoms with Crippen LogP contribution in [0.2, 0.25) is 0 Å². The van der Waals surface area contributed by atoms with Crippen LogP contribution >= 0.6 is 0 Å². The van der Waals surface area contributed by atoms with Gasteiger partial charge >= 0.3 is 0 Å². The molecular formula is C32H53N3O6. The summed E-state index contributed by atoms with van der Waals surface area (Å²) >= 11 is 0. The number of carbonyl (C=O) groups excluding carboxylic acids is 1. The molecule has 0 aliphatic carbocycles. The molecule has 41 heavy (non-hydrogen) atoms. The van der Waals surface area contributed by atoms with Crippen molar-refractivity contribution < 1.29 is 28.5 Å². The standard InChI is InChI=1S/C32H53N3O6/c1-31(2,30(36)34-19-24-11-15-39-16-12-24)18-26-8-9-27(20-33-26)40-21-25-7-10-29-28(17-25)35(13-6-14-37-4)22-32(3,41-29)23-38-5/h7,10,17,24,26-27,33H,6,8-9,11-16,18-23H2,1-5H3,(H,34,36)/t26-,27+,32+/m0/s1. The molecule has 0 bridgehead atoms. The molecule has 9 nitrogen and oxygen atoms in total. The largest absolute Gasteiger partial charge is 0.481 e. The summed E-state index contributed by atoms with van der Waals surface area (Å²) in [6.07, 6.45) is 5.99. The van der Waals surface area contributed by atoms with Crippen LogP contribution in [0.4, 0.5) is 5.69 Å². The van der Waals surface area contributed by atoms with E-state index in [9.17, 15) is 4.79 Å². The first kappa shape index (κ1) is 32.0. The minimum absolute atomic E-state index is 0.152. The van der Waals surface area contributed by atoms with Crippen LogP contribution in [0, 0.1) is 11.3 Å². The average molecular weight is 576 g/mol. The molecular weight excluding hydrogens is 522 g/mol. The van der Waals surface area contributed by atoms with E-state index in [0.717, 1.165) is 102 Å². The predicted molar refractivity (Wildman–Crippen MR) is 161 cm³/mol. The van der Waals surface area contributed by atoms with Crippen LogP contribution in [-0.4, -0.2) is 90.5 Å². The Morgan fingerprint density at radius 2 is 1.98 bits per heavy atom. The summed E-state index contributed by atoms with van der Waals surface area (Å²) in [5.74, 6) is 1.57. The fraction of sp³-hybridized carbons (Fsp3) is 0.781. The van der Waals surface area contributed by atoms with Crippen LogP contribution in [0.5, 0.6) is 5.75 Å². The van der Waals surface area contributed by atoms with Crippen LogP contribution in [0.3, 0.4) is 0 Å². The molecule has 1 aromatic carbocycles. The zero-order valence-electron chi connectivity index (χ0n) is 26.0. The lowest BCUT2D eigenvalue weighted by atomic mass is 9.82. The number of hydrogen-bond acceptors (Lipinski definition) is 8. The van der Waals surface area contributed by atoms with Crippen molar-refractivity contribution in [3.05, 3.63) is 23.8 Å². The summed E-state index contributed by atoms with van der Waals surface area (Å²) in [5.41, 5.74) is 1.45. The molecule has 3 aliphatic rings. The number of hydrogen-bond donors (Lipinski definition) is 2. The molecule has 0 aromatic heterocycles. The van der Waals surface area contributed by atoms with E-state index in [1.54, 1.807) is 14.2 Å². The van der Waals surface area contributed by atoms with Crippen molar-refractivity contribution in [1.29, 1.82) is 0 Å². The Morgan fingerprint density at radius 1 is 1.17 bits per heavy atom. The van der Waals surface area contributed by atoms with E-state index < -0.39 is 11.0 Å². The van der Waals surface area contributed by atoms with Crippen LogP contribution in [-0.2, 0) is 30.3 Å². The number of piperidine rings is 1. The number of rotatable bonds is 14. The zero-order valence-corrected chi connectivity index (χ0v) is 26.0. The summed E-state index contributed by atoms with van der Waals surface area (Å²) in [6, 6.07) is 6.69. The Labute approximate surface area is 246 Å². The number of benzene rings is 1. The van der Waals surface area contributed by atoms with Gasteiger partial charge in [-0.3, -0.25) is 4.79 Å². The number of fused-ring (bicyclic) bond motifs is 1. The second kappa shape index (κ2) is 15.0. The van der Waals surface area contributed by atoms with Crippen LogP contribution < -0.4 is 20.3 Å². The quantitative estimate of drug-likeness (QED) is 0.323. The summed E-state index contributed by atoms with van der Waals surface area (Å²) in [4.78, 5) is 15.3. The third-order valence-corrected chi connectivity index (χ3v) is 8.69. The van der Waals surface area contributed by atoms with Crippen molar-refractivity contribution in [2.45, 2.75) is 83.6 Å². The third-order valence-electron chi connectivity index (χ3n) is 8.69. The Kier molecular flexibility index (Phi) is 11.7. The van der Waals surface area contributed by atoms with Crippen molar-refractivity contribution in [3.63, 3.8) is 0 Å². The van der Waals surface area contributed by atoms with Gasteiger partial charge in [0.25, 0.3) is 0 Å². The van der Waals surface area contributed by atoms with Crippen molar-refractivity contribution in [2.24, 2.45) is 11.3 Å². The molecule has 1 amide bonds. The lowest BCUT2D eigenvalue weighted by Gasteiger charge is -2.42. The zero-order chi connectivity index (χ0) is 29.3. The molecule has 2 saturated heterocycles. The summed E-state index contributed by atoms with van der Waals surface area (Å²) < 4.78 is 28.9. The number of amides is 1. The highest BCUT2D eigenvalue weighted by Gasteiger charge is 2.36. The number of ether oxygens (including phenoxy) is 5. The van der Waals surface area contributed by atoms with Gasteiger partial charge in [-0.2, -0.15) is 0 Å². The van der Waals surface area contributed by atoms with Gasteiger partial charge in [0.2, 0.25) is 5.91 Å². The van der Waals surface area contributed by atoms with Crippen LogP contribution in [0.1, 0.15) is 64.9 Å². The maximum atomic E-state index is 13.0. The molecule has 0 radical (unpaired) electrons. The van der Waals surface area contributed by atoms with E-state index in [1.807, 2.05) is 0 Å². The predicted octanol–water partition coefficient (Wildman–Crippen LogP) is 3.92. The van der Waals surface area contributed by atoms with Gasteiger partial charge in [-0.05, 0) is 69.1 Å². The number of nitrogens with zero attached hydrogens (tertiary/aromatic N) is 1. The van der Waals surface area contributed by atoms with E-state index >= 15 is 0 Å². The highest BCUT2D eigenvalue weighted by atomic mass is 16.5. The number of carbonyl (C=O) groups is 1. The summed E-state index contributed by atoms with van der Waals surface area (Å²) in [6.45, 7) is 12.9. The Morgan fingerprint density at radius 3 is 2.68 bits per heavy atom. The molecule has 0 unspecified atom stereocenters. The van der Waals surface area contributed by atoms with Crippen molar-refractivity contribution in [2.75, 3.05) is 71.7 Å². The molecule has 9 heteroatoms. The minimum Gasteiger partial charge on any atom is -0.481 e. The second-order valence-corrected chi connectivity index (χ2v) is 13.0. The smallest absolute Gasteiger partial charge is 0.225 e. The van der Waals surface area contributed by atoms with Crippen molar-refractivity contribution in [1.82, 2.24) is 10.6 Å². The van der Waals surface area contributed by atoms with Crippen LogP contribution in [0.25, 0.3) is 0 Å². The van der Waals surface area contributed by atoms with Gasteiger partial charge in [0.1, 0.15) is 11.4 Å². The molecule has 3 aliphatic heterocycles. The van der Waals surface area contributed by atoms with Gasteiger partial charge in [-0.25, -0.2) is 0 Å². The van der Waals surface area contributed by atoms with Crippen LogP contribution in [0.15, 0.2) is 18.2 Å². The third kappa shape index (κ3) is 9.29. The Balaban J connectivity index is 1.24. The highest BCUT2D eigenvalue weighted by molar-refractivity contribution is 5.81. The Bertz CT molecular complexity index is 961. The summed E-state index contributed by atoms with van der Waals surface area (Å²) in [7, 11) is 3.46. The second-order valence-electron chi connectivity index (χ2n) is 13.0. The molecule has 0 spiro atoms. The van der Waals surface area contributed by atoms with Gasteiger partial charge in [0, 0.05) is 65.1 Å². The molecule has 232 valence electrons. The van der Waals surface area contributed by atoms with Gasteiger partial charge in [0.05, 0.1) is 31.5 Å². The van der Waals surface area contributed by atoms with Crippen molar-refractivity contribution in [3.8, 4) is 5.75 Å². The van der Waals surface area contributed by atoms with Gasteiger partial charge in [0.15, 0.2) is 0 Å². The molecule has 3 atom stereocenters. The van der Waals surface area contributed by atoms with Gasteiger partial charge < -0.3 is 39.2 Å². The molecule has 1 aromatic rings. The van der Waals surface area contributed by atoms with Gasteiger partial charge in [-0.1, -0.05) is 19.9 Å². The normalized spacial score (nSPS) is 25.4. The Hall–Kier alpha value is -1.91. The van der Waals surface area contributed by atoms with Crippen molar-refractivity contribution >= 4 is 11.6 Å².